The van der Waals surface area contributed by atoms with E-state index >= 15 is 0 Å². The van der Waals surface area contributed by atoms with E-state index in [1.807, 2.05) is 0 Å². The average Bonchev–Trinajstić information content (AvgIpc) is 3.30. The van der Waals surface area contributed by atoms with Gasteiger partial charge in [-0.2, -0.15) is 0 Å². The van der Waals surface area contributed by atoms with E-state index in [-0.39, 0.29) is 5.56 Å². The number of likely N-dealkylation sites (tertiary alicyclic amines) is 1. The highest BCUT2D eigenvalue weighted by molar-refractivity contribution is 5.94. The molecule has 26 heavy (non-hydrogen) atoms. The van der Waals surface area contributed by atoms with Crippen LogP contribution in [0.2, 0.25) is 0 Å². The quantitative estimate of drug-likeness (QED) is 0.719. The van der Waals surface area contributed by atoms with Crippen LogP contribution in [0.3, 0.4) is 0 Å². The first-order valence-corrected chi connectivity index (χ1v) is 8.12. The second kappa shape index (κ2) is 6.62. The summed E-state index contributed by atoms with van der Waals surface area (Å²) in [5.74, 6) is -1.41. The van der Waals surface area contributed by atoms with Crippen molar-refractivity contribution in [2.24, 2.45) is 0 Å². The van der Waals surface area contributed by atoms with E-state index in [4.69, 9.17) is 4.42 Å². The number of carbonyl (C=O) groups excluding carboxylic acids is 1. The SMILES string of the molecule is O=C(c1cc(F)cc(F)c1)N1CCCC1c1nnc(-c2ccncc2)o1. The smallest absolute Gasteiger partial charge is 0.254 e. The lowest BCUT2D eigenvalue weighted by Crippen LogP contribution is -2.30. The Bertz CT molecular complexity index is 925. The van der Waals surface area contributed by atoms with Crippen molar-refractivity contribution in [2.45, 2.75) is 18.9 Å². The lowest BCUT2D eigenvalue weighted by Gasteiger charge is -2.22. The zero-order valence-corrected chi connectivity index (χ0v) is 13.6. The number of hydrogen-bond acceptors (Lipinski definition) is 5. The third-order valence-electron chi connectivity index (χ3n) is 4.28. The van der Waals surface area contributed by atoms with E-state index in [2.05, 4.69) is 15.2 Å². The second-order valence-corrected chi connectivity index (χ2v) is 6.00. The van der Waals surface area contributed by atoms with Crippen molar-refractivity contribution in [3.05, 3.63) is 65.8 Å². The fraction of sp³-hybridized carbons (Fsp3) is 0.222. The molecule has 0 bridgehead atoms. The summed E-state index contributed by atoms with van der Waals surface area (Å²) in [4.78, 5) is 18.2. The van der Waals surface area contributed by atoms with E-state index < -0.39 is 23.6 Å². The highest BCUT2D eigenvalue weighted by Crippen LogP contribution is 2.33. The molecule has 3 heterocycles. The summed E-state index contributed by atoms with van der Waals surface area (Å²) in [6, 6.07) is 5.84. The minimum atomic E-state index is -0.790. The third kappa shape index (κ3) is 3.05. The summed E-state index contributed by atoms with van der Waals surface area (Å²) in [7, 11) is 0. The van der Waals surface area contributed by atoms with Crippen molar-refractivity contribution in [1.82, 2.24) is 20.1 Å². The molecule has 1 aliphatic rings. The van der Waals surface area contributed by atoms with Crippen LogP contribution in [0.4, 0.5) is 8.78 Å². The summed E-state index contributed by atoms with van der Waals surface area (Å²) in [6.45, 7) is 0.453. The monoisotopic (exact) mass is 356 g/mol. The van der Waals surface area contributed by atoms with Gasteiger partial charge >= 0.3 is 0 Å². The van der Waals surface area contributed by atoms with Gasteiger partial charge in [-0.3, -0.25) is 9.78 Å². The number of benzene rings is 1. The number of pyridine rings is 1. The van der Waals surface area contributed by atoms with Crippen LogP contribution in [-0.2, 0) is 0 Å². The lowest BCUT2D eigenvalue weighted by atomic mass is 10.1. The number of hydrogen-bond donors (Lipinski definition) is 0. The summed E-state index contributed by atoms with van der Waals surface area (Å²) < 4.78 is 32.6. The standard InChI is InChI=1S/C18H14F2N4O2/c19-13-8-12(9-14(20)10-13)18(25)24-7-1-2-15(24)17-23-22-16(26-17)11-3-5-21-6-4-11/h3-6,8-10,15H,1-2,7H2. The molecule has 2 aromatic heterocycles. The van der Waals surface area contributed by atoms with E-state index in [1.165, 1.54) is 4.90 Å². The molecule has 0 spiro atoms. The van der Waals surface area contributed by atoms with Crippen LogP contribution >= 0.6 is 0 Å². The number of aromatic nitrogens is 3. The van der Waals surface area contributed by atoms with Crippen LogP contribution in [-0.4, -0.2) is 32.5 Å². The molecule has 1 aliphatic heterocycles. The first-order valence-electron chi connectivity index (χ1n) is 8.12. The molecule has 6 nitrogen and oxygen atoms in total. The Labute approximate surface area is 147 Å². The summed E-state index contributed by atoms with van der Waals surface area (Å²) in [6.07, 6.45) is 4.61. The second-order valence-electron chi connectivity index (χ2n) is 6.00. The number of rotatable bonds is 3. The van der Waals surface area contributed by atoms with Gasteiger partial charge in [-0.1, -0.05) is 0 Å². The van der Waals surface area contributed by atoms with E-state index in [0.717, 1.165) is 30.2 Å². The van der Waals surface area contributed by atoms with Crippen molar-refractivity contribution in [3.63, 3.8) is 0 Å². The Balaban J connectivity index is 1.61. The molecular weight excluding hydrogens is 342 g/mol. The molecule has 0 radical (unpaired) electrons. The molecule has 132 valence electrons. The summed E-state index contributed by atoms with van der Waals surface area (Å²) in [5.41, 5.74) is 0.685. The van der Waals surface area contributed by atoms with Crippen molar-refractivity contribution >= 4 is 5.91 Å². The molecule has 1 unspecified atom stereocenters. The number of amides is 1. The van der Waals surface area contributed by atoms with Gasteiger partial charge in [-0.05, 0) is 37.1 Å². The summed E-state index contributed by atoms with van der Waals surface area (Å²) >= 11 is 0. The van der Waals surface area contributed by atoms with E-state index in [0.29, 0.717) is 24.7 Å². The van der Waals surface area contributed by atoms with Gasteiger partial charge < -0.3 is 9.32 Å². The molecule has 4 rings (SSSR count). The fourth-order valence-electron chi connectivity index (χ4n) is 3.09. The van der Waals surface area contributed by atoms with Gasteiger partial charge in [0.15, 0.2) is 0 Å². The average molecular weight is 356 g/mol. The molecule has 0 aliphatic carbocycles. The van der Waals surface area contributed by atoms with Crippen LogP contribution in [0.1, 0.15) is 35.1 Å². The van der Waals surface area contributed by atoms with E-state index in [9.17, 15) is 13.6 Å². The van der Waals surface area contributed by atoms with Gasteiger partial charge in [0.2, 0.25) is 11.8 Å². The molecule has 1 fully saturated rings. The minimum absolute atomic E-state index is 0.0386. The normalized spacial score (nSPS) is 16.8. The molecule has 0 N–H and O–H groups in total. The highest BCUT2D eigenvalue weighted by atomic mass is 19.1. The third-order valence-corrected chi connectivity index (χ3v) is 4.28. The van der Waals surface area contributed by atoms with Crippen molar-refractivity contribution in [1.29, 1.82) is 0 Å². The minimum Gasteiger partial charge on any atom is -0.418 e. The fourth-order valence-corrected chi connectivity index (χ4v) is 3.09. The Hall–Kier alpha value is -3.16. The van der Waals surface area contributed by atoms with Gasteiger partial charge in [-0.15, -0.1) is 10.2 Å². The van der Waals surface area contributed by atoms with Gasteiger partial charge in [0.25, 0.3) is 5.91 Å². The predicted octanol–water partition coefficient (Wildman–Crippen LogP) is 3.39. The Morgan fingerprint density at radius 2 is 1.85 bits per heavy atom. The predicted molar refractivity (Wildman–Crippen MR) is 86.9 cm³/mol. The molecule has 1 atom stereocenters. The Kier molecular flexibility index (Phi) is 4.16. The van der Waals surface area contributed by atoms with E-state index in [1.54, 1.807) is 24.5 Å². The Morgan fingerprint density at radius 1 is 1.12 bits per heavy atom. The first kappa shape index (κ1) is 16.3. The number of nitrogens with zero attached hydrogens (tertiary/aromatic N) is 4. The highest BCUT2D eigenvalue weighted by Gasteiger charge is 2.34. The molecular formula is C18H14F2N4O2. The van der Waals surface area contributed by atoms with Crippen LogP contribution in [0.15, 0.2) is 47.1 Å². The van der Waals surface area contributed by atoms with Crippen molar-refractivity contribution in [2.75, 3.05) is 6.54 Å². The Morgan fingerprint density at radius 3 is 2.58 bits per heavy atom. The maximum Gasteiger partial charge on any atom is 0.254 e. The van der Waals surface area contributed by atoms with Crippen LogP contribution in [0.5, 0.6) is 0 Å². The largest absolute Gasteiger partial charge is 0.418 e. The van der Waals surface area contributed by atoms with Gasteiger partial charge in [0, 0.05) is 36.1 Å². The van der Waals surface area contributed by atoms with Crippen molar-refractivity contribution < 1.29 is 18.0 Å². The maximum atomic E-state index is 13.4. The zero-order valence-electron chi connectivity index (χ0n) is 13.6. The summed E-state index contributed by atoms with van der Waals surface area (Å²) in [5, 5.41) is 8.08. The molecule has 1 aromatic carbocycles. The van der Waals surface area contributed by atoms with Gasteiger partial charge in [0.1, 0.15) is 17.7 Å². The van der Waals surface area contributed by atoms with Crippen LogP contribution < -0.4 is 0 Å². The lowest BCUT2D eigenvalue weighted by molar-refractivity contribution is 0.0715. The number of carbonyl (C=O) groups is 1. The molecule has 1 amide bonds. The van der Waals surface area contributed by atoms with Gasteiger partial charge in [0.05, 0.1) is 0 Å². The molecule has 3 aromatic rings. The maximum absolute atomic E-state index is 13.4. The topological polar surface area (TPSA) is 72.1 Å². The number of halogens is 2. The first-order chi connectivity index (χ1) is 12.6. The molecule has 0 saturated carbocycles. The molecule has 8 heteroatoms. The van der Waals surface area contributed by atoms with Crippen LogP contribution in [0, 0.1) is 11.6 Å². The van der Waals surface area contributed by atoms with Crippen LogP contribution in [0.25, 0.3) is 11.5 Å². The zero-order chi connectivity index (χ0) is 18.1. The molecule has 1 saturated heterocycles. The van der Waals surface area contributed by atoms with Gasteiger partial charge in [-0.25, -0.2) is 8.78 Å². The van der Waals surface area contributed by atoms with Crippen molar-refractivity contribution in [3.8, 4) is 11.5 Å².